The zero-order valence-corrected chi connectivity index (χ0v) is 11.0. The molecule has 0 saturated heterocycles. The Morgan fingerprint density at radius 2 is 1.90 bits per heavy atom. The molecule has 21 heavy (non-hydrogen) atoms. The molecule has 1 heterocycles. The highest BCUT2D eigenvalue weighted by Gasteiger charge is 2.31. The summed E-state index contributed by atoms with van der Waals surface area (Å²) in [5, 5.41) is 2.67. The van der Waals surface area contributed by atoms with Crippen molar-refractivity contribution < 1.29 is 27.1 Å². The second-order valence-corrected chi connectivity index (χ2v) is 4.29. The Balaban J connectivity index is 2.00. The van der Waals surface area contributed by atoms with Gasteiger partial charge in [-0.3, -0.25) is 4.79 Å². The fourth-order valence-electron chi connectivity index (χ4n) is 1.72. The normalized spacial score (nSPS) is 12.8. The van der Waals surface area contributed by atoms with Crippen LogP contribution in [-0.2, 0) is 0 Å². The van der Waals surface area contributed by atoms with Gasteiger partial charge in [-0.2, -0.15) is 0 Å². The molecule has 1 N–H and O–H groups in total. The van der Waals surface area contributed by atoms with Crippen LogP contribution in [0.1, 0.15) is 29.1 Å². The molecular formula is C14H12F3NO3. The number of benzene rings is 1. The van der Waals surface area contributed by atoms with Gasteiger partial charge in [0.1, 0.15) is 5.75 Å². The van der Waals surface area contributed by atoms with Crippen LogP contribution in [0.5, 0.6) is 5.75 Å². The van der Waals surface area contributed by atoms with Crippen LogP contribution in [-0.4, -0.2) is 12.3 Å². The van der Waals surface area contributed by atoms with Crippen molar-refractivity contribution in [2.75, 3.05) is 0 Å². The number of hydrogen-bond acceptors (Lipinski definition) is 3. The first-order valence-corrected chi connectivity index (χ1v) is 6.05. The maximum Gasteiger partial charge on any atom is 0.573 e. The lowest BCUT2D eigenvalue weighted by atomic mass is 10.1. The molecule has 0 bridgehead atoms. The Morgan fingerprint density at radius 1 is 1.24 bits per heavy atom. The van der Waals surface area contributed by atoms with E-state index in [9.17, 15) is 18.0 Å². The summed E-state index contributed by atoms with van der Waals surface area (Å²) in [7, 11) is 0. The van der Waals surface area contributed by atoms with Crippen molar-refractivity contribution in [1.29, 1.82) is 0 Å². The van der Waals surface area contributed by atoms with Gasteiger partial charge in [0.05, 0.1) is 12.3 Å². The van der Waals surface area contributed by atoms with E-state index in [-0.39, 0.29) is 17.6 Å². The first-order valence-electron chi connectivity index (χ1n) is 6.05. The van der Waals surface area contributed by atoms with Crippen LogP contribution in [0.2, 0.25) is 0 Å². The summed E-state index contributed by atoms with van der Waals surface area (Å²) >= 11 is 0. The molecule has 0 aliphatic carbocycles. The molecule has 112 valence electrons. The zero-order chi connectivity index (χ0) is 15.5. The molecule has 1 aromatic carbocycles. The third-order valence-corrected chi connectivity index (χ3v) is 2.71. The van der Waals surface area contributed by atoms with Gasteiger partial charge in [0.2, 0.25) is 0 Å². The van der Waals surface area contributed by atoms with Crippen molar-refractivity contribution in [2.45, 2.75) is 19.3 Å². The lowest BCUT2D eigenvalue weighted by Gasteiger charge is -2.14. The zero-order valence-electron chi connectivity index (χ0n) is 11.0. The molecule has 0 aliphatic rings. The Bertz CT molecular complexity index is 591. The van der Waals surface area contributed by atoms with Gasteiger partial charge in [-0.15, -0.1) is 13.2 Å². The predicted octanol–water partition coefficient (Wildman–Crippen LogP) is 3.67. The molecule has 4 nitrogen and oxygen atoms in total. The number of furan rings is 1. The third kappa shape index (κ3) is 4.27. The topological polar surface area (TPSA) is 51.5 Å². The molecule has 1 aromatic heterocycles. The van der Waals surface area contributed by atoms with Gasteiger partial charge in [-0.05, 0) is 36.8 Å². The molecule has 0 radical (unpaired) electrons. The molecule has 2 rings (SSSR count). The molecule has 1 amide bonds. The summed E-state index contributed by atoms with van der Waals surface area (Å²) in [6.07, 6.45) is -3.34. The number of rotatable bonds is 4. The molecule has 1 unspecified atom stereocenters. The van der Waals surface area contributed by atoms with Crippen LogP contribution < -0.4 is 10.1 Å². The Kier molecular flexibility index (Phi) is 4.21. The van der Waals surface area contributed by atoms with E-state index < -0.39 is 12.3 Å². The van der Waals surface area contributed by atoms with Gasteiger partial charge < -0.3 is 14.5 Å². The number of carbonyl (C=O) groups excluding carboxylic acids is 1. The first-order chi connectivity index (χ1) is 9.85. The summed E-state index contributed by atoms with van der Waals surface area (Å²) in [5.74, 6) is -0.544. The van der Waals surface area contributed by atoms with Crippen LogP contribution in [0.25, 0.3) is 0 Å². The first kappa shape index (κ1) is 15.0. The van der Waals surface area contributed by atoms with E-state index in [1.54, 1.807) is 13.0 Å². The molecular weight excluding hydrogens is 287 g/mol. The van der Waals surface area contributed by atoms with E-state index in [0.29, 0.717) is 5.56 Å². The standard InChI is InChI=1S/C14H12F3NO3/c1-9(18-13(19)12-3-2-8-20-12)10-4-6-11(7-5-10)21-14(15,16)17/h2-9H,1H3,(H,18,19). The van der Waals surface area contributed by atoms with Gasteiger partial charge in [0.25, 0.3) is 5.91 Å². The number of nitrogens with one attached hydrogen (secondary N) is 1. The fourth-order valence-corrected chi connectivity index (χ4v) is 1.72. The number of amides is 1. The fraction of sp³-hybridized carbons (Fsp3) is 0.214. The Hall–Kier alpha value is -2.44. The lowest BCUT2D eigenvalue weighted by molar-refractivity contribution is -0.274. The summed E-state index contributed by atoms with van der Waals surface area (Å²) in [4.78, 5) is 11.8. The van der Waals surface area contributed by atoms with Crippen LogP contribution in [0.3, 0.4) is 0 Å². The van der Waals surface area contributed by atoms with E-state index in [0.717, 1.165) is 0 Å². The second-order valence-electron chi connectivity index (χ2n) is 4.29. The minimum atomic E-state index is -4.72. The van der Waals surface area contributed by atoms with E-state index in [1.807, 2.05) is 0 Å². The van der Waals surface area contributed by atoms with Gasteiger partial charge >= 0.3 is 6.36 Å². The van der Waals surface area contributed by atoms with Crippen LogP contribution in [0.4, 0.5) is 13.2 Å². The summed E-state index contributed by atoms with van der Waals surface area (Å²) in [6.45, 7) is 1.71. The molecule has 1 atom stereocenters. The van der Waals surface area contributed by atoms with Crippen molar-refractivity contribution in [2.24, 2.45) is 0 Å². The average Bonchev–Trinajstić information content (AvgIpc) is 2.91. The Morgan fingerprint density at radius 3 is 2.43 bits per heavy atom. The minimum absolute atomic E-state index is 0.166. The highest BCUT2D eigenvalue weighted by molar-refractivity contribution is 5.91. The van der Waals surface area contributed by atoms with Gasteiger partial charge in [0.15, 0.2) is 5.76 Å². The average molecular weight is 299 g/mol. The van der Waals surface area contributed by atoms with Crippen LogP contribution >= 0.6 is 0 Å². The number of ether oxygens (including phenoxy) is 1. The molecule has 0 spiro atoms. The molecule has 0 fully saturated rings. The molecule has 0 aliphatic heterocycles. The highest BCUT2D eigenvalue weighted by atomic mass is 19.4. The highest BCUT2D eigenvalue weighted by Crippen LogP contribution is 2.24. The number of alkyl halides is 3. The van der Waals surface area contributed by atoms with Gasteiger partial charge in [-0.1, -0.05) is 12.1 Å². The van der Waals surface area contributed by atoms with Gasteiger partial charge in [0, 0.05) is 0 Å². The number of carbonyl (C=O) groups is 1. The van der Waals surface area contributed by atoms with Crippen molar-refractivity contribution in [3.8, 4) is 5.75 Å². The summed E-state index contributed by atoms with van der Waals surface area (Å²) in [6, 6.07) is 8.01. The maximum absolute atomic E-state index is 12.0. The maximum atomic E-state index is 12.0. The Labute approximate surface area is 118 Å². The molecule has 0 saturated carbocycles. The summed E-state index contributed by atoms with van der Waals surface area (Å²) in [5.41, 5.74) is 0.643. The monoisotopic (exact) mass is 299 g/mol. The van der Waals surface area contributed by atoms with Crippen LogP contribution in [0.15, 0.2) is 47.1 Å². The number of halogens is 3. The quantitative estimate of drug-likeness (QED) is 0.937. The van der Waals surface area contributed by atoms with Crippen molar-refractivity contribution in [3.05, 3.63) is 54.0 Å². The third-order valence-electron chi connectivity index (χ3n) is 2.71. The van der Waals surface area contributed by atoms with Crippen LogP contribution in [0, 0.1) is 0 Å². The van der Waals surface area contributed by atoms with Crippen molar-refractivity contribution >= 4 is 5.91 Å². The smallest absolute Gasteiger partial charge is 0.459 e. The number of hydrogen-bond donors (Lipinski definition) is 1. The van der Waals surface area contributed by atoms with Gasteiger partial charge in [-0.25, -0.2) is 0 Å². The SMILES string of the molecule is CC(NC(=O)c1ccco1)c1ccc(OC(F)(F)F)cc1. The molecule has 7 heteroatoms. The second kappa shape index (κ2) is 5.90. The predicted molar refractivity (Wildman–Crippen MR) is 67.7 cm³/mol. The molecule has 2 aromatic rings. The van der Waals surface area contributed by atoms with E-state index in [4.69, 9.17) is 4.42 Å². The van der Waals surface area contributed by atoms with E-state index >= 15 is 0 Å². The largest absolute Gasteiger partial charge is 0.573 e. The minimum Gasteiger partial charge on any atom is -0.459 e. The lowest BCUT2D eigenvalue weighted by Crippen LogP contribution is -2.26. The van der Waals surface area contributed by atoms with Crippen molar-refractivity contribution in [3.63, 3.8) is 0 Å². The van der Waals surface area contributed by atoms with Crippen molar-refractivity contribution in [1.82, 2.24) is 5.32 Å². The van der Waals surface area contributed by atoms with E-state index in [2.05, 4.69) is 10.1 Å². The summed E-state index contributed by atoms with van der Waals surface area (Å²) < 4.78 is 44.8. The van der Waals surface area contributed by atoms with E-state index in [1.165, 1.54) is 36.6 Å².